The topological polar surface area (TPSA) is 114 Å². The highest BCUT2D eigenvalue weighted by atomic mass is 31.2. The quantitative estimate of drug-likeness (QED) is 0.130. The van der Waals surface area contributed by atoms with Crippen molar-refractivity contribution in [3.8, 4) is 29.4 Å². The molecule has 2 aromatic heterocycles. The molecule has 4 aromatic rings. The molecule has 59 heavy (non-hydrogen) atoms. The van der Waals surface area contributed by atoms with Gasteiger partial charge in [-0.1, -0.05) is 41.4 Å². The number of pyridine rings is 2. The van der Waals surface area contributed by atoms with Gasteiger partial charge in [-0.15, -0.1) is 0 Å². The van der Waals surface area contributed by atoms with Crippen LogP contribution < -0.4 is 15.6 Å². The number of amides is 1. The zero-order valence-electron chi connectivity index (χ0n) is 35.9. The minimum absolute atomic E-state index is 0.287. The molecule has 0 spiro atoms. The highest BCUT2D eigenvalue weighted by Crippen LogP contribution is 2.40. The van der Waals surface area contributed by atoms with Crippen molar-refractivity contribution in [1.82, 2.24) is 24.7 Å². The molecular formula is C46H57N5O6P2. The van der Waals surface area contributed by atoms with Crippen LogP contribution >= 0.6 is 14.5 Å². The average molecular weight is 838 g/mol. The number of benzene rings is 2. The third kappa shape index (κ3) is 14.2. The number of aromatic nitrogens is 2. The van der Waals surface area contributed by atoms with Crippen molar-refractivity contribution >= 4 is 31.5 Å². The van der Waals surface area contributed by atoms with Crippen molar-refractivity contribution in [3.63, 3.8) is 0 Å². The second-order valence-electron chi connectivity index (χ2n) is 16.1. The summed E-state index contributed by atoms with van der Waals surface area (Å²) < 4.78 is 43.9. The van der Waals surface area contributed by atoms with Crippen LogP contribution in [0.3, 0.4) is 0 Å². The standard InChI is InChI=1S/C46H57N5O6P2/c1-10-56-59(9,54)44-32-39(18-15-36-13-11-35(2)12-14-36)30-41(48-44)34-50-24-23-49(25-27-51(28-26-50)45(52)57-46(3,4)5)33-40-29-38(31-43(47-40)58(7,8)53)17-16-37-19-21-42(55-6)22-20-37/h11-14,19-22,29-32H,10,23-28,33-34H2,1-9H3. The van der Waals surface area contributed by atoms with Gasteiger partial charge in [0.05, 0.1) is 25.1 Å². The lowest BCUT2D eigenvalue weighted by molar-refractivity contribution is 0.0229. The molecule has 2 aromatic carbocycles. The molecule has 3 heterocycles. The molecule has 1 aliphatic heterocycles. The van der Waals surface area contributed by atoms with Crippen molar-refractivity contribution in [2.45, 2.75) is 53.3 Å². The number of rotatable bonds is 9. The number of methoxy groups -OCH3 is 1. The van der Waals surface area contributed by atoms with Gasteiger partial charge in [-0.05, 0) is 109 Å². The van der Waals surface area contributed by atoms with Crippen molar-refractivity contribution in [1.29, 1.82) is 0 Å². The number of aryl methyl sites for hydroxylation is 1. The van der Waals surface area contributed by atoms with Gasteiger partial charge in [0, 0.05) is 81.3 Å². The Hall–Kier alpha value is -4.73. The number of nitrogens with zero attached hydrogens (tertiary/aromatic N) is 5. The first-order valence-electron chi connectivity index (χ1n) is 19.9. The van der Waals surface area contributed by atoms with Gasteiger partial charge < -0.3 is 23.5 Å². The van der Waals surface area contributed by atoms with Crippen LogP contribution in [0.2, 0.25) is 0 Å². The van der Waals surface area contributed by atoms with E-state index < -0.39 is 20.1 Å². The highest BCUT2D eigenvalue weighted by molar-refractivity contribution is 7.69. The van der Waals surface area contributed by atoms with Crippen molar-refractivity contribution < 1.29 is 27.9 Å². The molecule has 0 bridgehead atoms. The van der Waals surface area contributed by atoms with Crippen LogP contribution in [0.15, 0.2) is 72.8 Å². The second kappa shape index (κ2) is 20.0. The summed E-state index contributed by atoms with van der Waals surface area (Å²) in [6, 6.07) is 23.0. The molecule has 1 fully saturated rings. The summed E-state index contributed by atoms with van der Waals surface area (Å²) in [5.41, 5.74) is 5.92. The average Bonchev–Trinajstić information content (AvgIpc) is 3.26. The monoisotopic (exact) mass is 837 g/mol. The first kappa shape index (κ1) is 45.4. The van der Waals surface area contributed by atoms with Crippen molar-refractivity contribution in [2.75, 3.05) is 73.0 Å². The summed E-state index contributed by atoms with van der Waals surface area (Å²) in [6.07, 6.45) is -0.383. The lowest BCUT2D eigenvalue weighted by Gasteiger charge is -2.29. The Balaban J connectivity index is 1.46. The molecule has 0 N–H and O–H groups in total. The molecule has 1 amide bonds. The Morgan fingerprint density at radius 2 is 1.15 bits per heavy atom. The van der Waals surface area contributed by atoms with Gasteiger partial charge in [-0.25, -0.2) is 14.8 Å². The minimum atomic E-state index is -3.23. The number of ether oxygens (including phenoxy) is 2. The van der Waals surface area contributed by atoms with E-state index in [9.17, 15) is 13.9 Å². The van der Waals surface area contributed by atoms with Gasteiger partial charge >= 0.3 is 6.09 Å². The summed E-state index contributed by atoms with van der Waals surface area (Å²) in [5.74, 6) is 13.7. The normalized spacial score (nSPS) is 15.3. The lowest BCUT2D eigenvalue weighted by Crippen LogP contribution is -2.42. The molecule has 1 atom stereocenters. The van der Waals surface area contributed by atoms with E-state index in [0.717, 1.165) is 33.7 Å². The SMILES string of the molecule is CCOP(C)(=O)c1cc(C#Cc2ccc(C)cc2)cc(CN2CCN(Cc3cc(C#Cc4ccc(OC)cc4)cc(P(C)(C)=O)n3)CCN(C(=O)OC(C)(C)C)CC2)n1. The smallest absolute Gasteiger partial charge is 0.410 e. The summed E-state index contributed by atoms with van der Waals surface area (Å²) in [6.45, 7) is 18.9. The first-order valence-corrected chi connectivity index (χ1v) is 24.5. The van der Waals surface area contributed by atoms with Crippen LogP contribution in [0.4, 0.5) is 4.79 Å². The van der Waals surface area contributed by atoms with E-state index in [-0.39, 0.29) is 12.7 Å². The largest absolute Gasteiger partial charge is 0.497 e. The maximum Gasteiger partial charge on any atom is 0.410 e. The second-order valence-corrected chi connectivity index (χ2v) is 21.7. The Morgan fingerprint density at radius 1 is 0.695 bits per heavy atom. The minimum Gasteiger partial charge on any atom is -0.497 e. The molecule has 1 saturated heterocycles. The van der Waals surface area contributed by atoms with Gasteiger partial charge in [0.1, 0.15) is 29.4 Å². The van der Waals surface area contributed by atoms with Gasteiger partial charge in [-0.3, -0.25) is 14.4 Å². The number of carbonyl (C=O) groups is 1. The molecule has 0 saturated carbocycles. The number of hydrogen-bond donors (Lipinski definition) is 0. The molecule has 312 valence electrons. The Bertz CT molecular complexity index is 2310. The van der Waals surface area contributed by atoms with Crippen molar-refractivity contribution in [2.24, 2.45) is 0 Å². The van der Waals surface area contributed by atoms with Gasteiger partial charge in [0.25, 0.3) is 0 Å². The Morgan fingerprint density at radius 3 is 1.63 bits per heavy atom. The zero-order chi connectivity index (χ0) is 42.8. The third-order valence-electron chi connectivity index (χ3n) is 9.44. The van der Waals surface area contributed by atoms with Crippen LogP contribution in [0.5, 0.6) is 5.75 Å². The van der Waals surface area contributed by atoms with E-state index in [1.165, 1.54) is 0 Å². The number of hydrogen-bond acceptors (Lipinski definition) is 10. The fourth-order valence-electron chi connectivity index (χ4n) is 6.27. The maximum absolute atomic E-state index is 13.7. The van der Waals surface area contributed by atoms with Crippen LogP contribution in [0.25, 0.3) is 0 Å². The molecule has 0 aliphatic carbocycles. The van der Waals surface area contributed by atoms with E-state index >= 15 is 0 Å². The molecule has 1 unspecified atom stereocenters. The molecule has 5 rings (SSSR count). The Kier molecular flexibility index (Phi) is 15.4. The van der Waals surface area contributed by atoms with E-state index in [1.54, 1.807) is 38.1 Å². The van der Waals surface area contributed by atoms with Crippen molar-refractivity contribution in [3.05, 3.63) is 112 Å². The first-order chi connectivity index (χ1) is 27.9. The summed E-state index contributed by atoms with van der Waals surface area (Å²) >= 11 is 0. The predicted octanol–water partition coefficient (Wildman–Crippen LogP) is 6.97. The van der Waals surface area contributed by atoms with E-state index in [0.29, 0.717) is 74.5 Å². The van der Waals surface area contributed by atoms with Crippen LogP contribution in [-0.2, 0) is 31.5 Å². The van der Waals surface area contributed by atoms with Crippen LogP contribution in [0.1, 0.15) is 66.9 Å². The van der Waals surface area contributed by atoms with E-state index in [4.69, 9.17) is 24.0 Å². The predicted molar refractivity (Wildman–Crippen MR) is 237 cm³/mol. The van der Waals surface area contributed by atoms with Crippen LogP contribution in [-0.4, -0.2) is 109 Å². The molecule has 0 radical (unpaired) electrons. The van der Waals surface area contributed by atoms with Gasteiger partial charge in [0.15, 0.2) is 0 Å². The van der Waals surface area contributed by atoms with Crippen LogP contribution in [0, 0.1) is 30.6 Å². The maximum atomic E-state index is 13.7. The lowest BCUT2D eigenvalue weighted by atomic mass is 10.1. The summed E-state index contributed by atoms with van der Waals surface area (Å²) in [7, 11) is -4.34. The van der Waals surface area contributed by atoms with E-state index in [1.807, 2.05) is 101 Å². The fourth-order valence-corrected chi connectivity index (χ4v) is 8.40. The molecule has 11 nitrogen and oxygen atoms in total. The number of carbonyl (C=O) groups excluding carboxylic acids is 1. The van der Waals surface area contributed by atoms with Gasteiger partial charge in [-0.2, -0.15) is 0 Å². The van der Waals surface area contributed by atoms with E-state index in [2.05, 4.69) is 33.5 Å². The molecular weight excluding hydrogens is 780 g/mol. The molecule has 1 aliphatic rings. The third-order valence-corrected chi connectivity index (χ3v) is 12.6. The fraction of sp³-hybridized carbons (Fsp3) is 0.413. The van der Waals surface area contributed by atoms with Gasteiger partial charge in [0.2, 0.25) is 7.37 Å². The Labute approximate surface area is 350 Å². The molecule has 13 heteroatoms. The summed E-state index contributed by atoms with van der Waals surface area (Å²) in [4.78, 5) is 29.5. The highest BCUT2D eigenvalue weighted by Gasteiger charge is 2.27. The summed E-state index contributed by atoms with van der Waals surface area (Å²) in [5, 5.41) is 0. The zero-order valence-corrected chi connectivity index (χ0v) is 37.7.